The molecule has 2 nitrogen and oxygen atoms in total. The second-order valence-corrected chi connectivity index (χ2v) is 5.72. The number of hydrogen-bond acceptors (Lipinski definition) is 2. The fraction of sp³-hybridized carbons (Fsp3) is 0.571. The summed E-state index contributed by atoms with van der Waals surface area (Å²) in [5.41, 5.74) is 1.38. The van der Waals surface area contributed by atoms with Crippen molar-refractivity contribution in [2.45, 2.75) is 26.4 Å². The average Bonchev–Trinajstić information content (AvgIpc) is 2.27. The van der Waals surface area contributed by atoms with E-state index in [4.69, 9.17) is 0 Å². The molecule has 0 aromatic heterocycles. The molecule has 1 aromatic carbocycles. The van der Waals surface area contributed by atoms with Crippen molar-refractivity contribution in [2.24, 2.45) is 0 Å². The van der Waals surface area contributed by atoms with Crippen LogP contribution in [0.3, 0.4) is 0 Å². The minimum absolute atomic E-state index is 0.582. The van der Waals surface area contributed by atoms with Gasteiger partial charge in [0, 0.05) is 23.6 Å². The van der Waals surface area contributed by atoms with Crippen LogP contribution in [0.1, 0.15) is 19.4 Å². The standard InChI is InChI=1S/C14H23BrN2/c1-5-17(12(2)10-16(3)4)11-13-6-8-14(15)9-7-13/h6-9,12H,5,10-11H2,1-4H3. The van der Waals surface area contributed by atoms with Gasteiger partial charge in [0.2, 0.25) is 0 Å². The molecule has 0 spiro atoms. The van der Waals surface area contributed by atoms with Crippen molar-refractivity contribution in [2.75, 3.05) is 27.2 Å². The molecule has 0 bridgehead atoms. The van der Waals surface area contributed by atoms with Crippen molar-refractivity contribution < 1.29 is 0 Å². The summed E-state index contributed by atoms with van der Waals surface area (Å²) in [5, 5.41) is 0. The molecule has 0 radical (unpaired) electrons. The molecule has 96 valence electrons. The van der Waals surface area contributed by atoms with Crippen LogP contribution in [0.25, 0.3) is 0 Å². The van der Waals surface area contributed by atoms with Crippen molar-refractivity contribution in [1.82, 2.24) is 9.80 Å². The first-order valence-electron chi connectivity index (χ1n) is 6.16. The Balaban J connectivity index is 2.59. The van der Waals surface area contributed by atoms with Gasteiger partial charge in [-0.05, 0) is 45.3 Å². The Bertz CT molecular complexity index is 321. The van der Waals surface area contributed by atoms with Gasteiger partial charge < -0.3 is 4.90 Å². The van der Waals surface area contributed by atoms with Crippen LogP contribution in [0.2, 0.25) is 0 Å². The maximum absolute atomic E-state index is 3.47. The maximum Gasteiger partial charge on any atom is 0.0236 e. The van der Waals surface area contributed by atoms with Crippen LogP contribution in [0.5, 0.6) is 0 Å². The number of rotatable bonds is 6. The zero-order valence-electron chi connectivity index (χ0n) is 11.3. The highest BCUT2D eigenvalue weighted by atomic mass is 79.9. The summed E-state index contributed by atoms with van der Waals surface area (Å²) in [6, 6.07) is 9.18. The van der Waals surface area contributed by atoms with E-state index in [0.717, 1.165) is 24.1 Å². The van der Waals surface area contributed by atoms with Crippen LogP contribution in [0, 0.1) is 0 Å². The summed E-state index contributed by atoms with van der Waals surface area (Å²) >= 11 is 3.47. The summed E-state index contributed by atoms with van der Waals surface area (Å²) in [7, 11) is 4.26. The SMILES string of the molecule is CCN(Cc1ccc(Br)cc1)C(C)CN(C)C. The topological polar surface area (TPSA) is 6.48 Å². The van der Waals surface area contributed by atoms with Crippen molar-refractivity contribution in [3.8, 4) is 0 Å². The fourth-order valence-corrected chi connectivity index (χ4v) is 2.31. The molecule has 1 atom stereocenters. The largest absolute Gasteiger partial charge is 0.308 e. The van der Waals surface area contributed by atoms with Crippen LogP contribution in [0.4, 0.5) is 0 Å². The third-order valence-corrected chi connectivity index (χ3v) is 3.49. The highest BCUT2D eigenvalue weighted by Gasteiger charge is 2.12. The summed E-state index contributed by atoms with van der Waals surface area (Å²) in [6.07, 6.45) is 0. The normalized spacial score (nSPS) is 13.4. The van der Waals surface area contributed by atoms with E-state index in [2.05, 4.69) is 77.9 Å². The van der Waals surface area contributed by atoms with Crippen LogP contribution in [0.15, 0.2) is 28.7 Å². The van der Waals surface area contributed by atoms with Crippen LogP contribution >= 0.6 is 15.9 Å². The average molecular weight is 299 g/mol. The molecule has 1 aromatic rings. The van der Waals surface area contributed by atoms with Gasteiger partial charge in [-0.25, -0.2) is 0 Å². The number of likely N-dealkylation sites (N-methyl/N-ethyl adjacent to an activating group) is 2. The van der Waals surface area contributed by atoms with Crippen molar-refractivity contribution in [3.63, 3.8) is 0 Å². The van der Waals surface area contributed by atoms with E-state index in [1.807, 2.05) is 0 Å². The minimum Gasteiger partial charge on any atom is -0.308 e. The van der Waals surface area contributed by atoms with Gasteiger partial charge in [-0.3, -0.25) is 4.90 Å². The lowest BCUT2D eigenvalue weighted by Gasteiger charge is -2.30. The van der Waals surface area contributed by atoms with Gasteiger partial charge in [0.15, 0.2) is 0 Å². The molecule has 0 saturated carbocycles. The van der Waals surface area contributed by atoms with E-state index in [-0.39, 0.29) is 0 Å². The van der Waals surface area contributed by atoms with E-state index in [1.54, 1.807) is 0 Å². The van der Waals surface area contributed by atoms with Crippen molar-refractivity contribution >= 4 is 15.9 Å². The van der Waals surface area contributed by atoms with E-state index < -0.39 is 0 Å². The second-order valence-electron chi connectivity index (χ2n) is 4.80. The molecule has 0 aliphatic rings. The van der Waals surface area contributed by atoms with Gasteiger partial charge in [0.1, 0.15) is 0 Å². The lowest BCUT2D eigenvalue weighted by atomic mass is 10.2. The third-order valence-electron chi connectivity index (χ3n) is 2.96. The number of benzene rings is 1. The Morgan fingerprint density at radius 2 is 1.76 bits per heavy atom. The quantitative estimate of drug-likeness (QED) is 0.796. The highest BCUT2D eigenvalue weighted by Crippen LogP contribution is 2.13. The molecule has 3 heteroatoms. The molecule has 0 N–H and O–H groups in total. The van der Waals surface area contributed by atoms with Gasteiger partial charge in [-0.15, -0.1) is 0 Å². The molecule has 0 amide bonds. The van der Waals surface area contributed by atoms with Crippen LogP contribution < -0.4 is 0 Å². The predicted molar refractivity (Wildman–Crippen MR) is 78.2 cm³/mol. The lowest BCUT2D eigenvalue weighted by molar-refractivity contribution is 0.174. The predicted octanol–water partition coefficient (Wildman–Crippen LogP) is 3.22. The van der Waals surface area contributed by atoms with Gasteiger partial charge in [-0.1, -0.05) is 35.0 Å². The summed E-state index contributed by atoms with van der Waals surface area (Å²) in [4.78, 5) is 4.75. The molecular formula is C14H23BrN2. The van der Waals surface area contributed by atoms with Gasteiger partial charge in [0.05, 0.1) is 0 Å². The summed E-state index contributed by atoms with van der Waals surface area (Å²) < 4.78 is 1.14. The molecule has 1 rings (SSSR count). The monoisotopic (exact) mass is 298 g/mol. The van der Waals surface area contributed by atoms with Gasteiger partial charge in [0.25, 0.3) is 0 Å². The molecule has 0 aliphatic carbocycles. The number of hydrogen-bond donors (Lipinski definition) is 0. The van der Waals surface area contributed by atoms with Crippen molar-refractivity contribution in [1.29, 1.82) is 0 Å². The lowest BCUT2D eigenvalue weighted by Crippen LogP contribution is -2.39. The zero-order chi connectivity index (χ0) is 12.8. The van der Waals surface area contributed by atoms with Gasteiger partial charge >= 0.3 is 0 Å². The maximum atomic E-state index is 3.47. The Morgan fingerprint density at radius 1 is 1.18 bits per heavy atom. The summed E-state index contributed by atoms with van der Waals surface area (Å²) in [6.45, 7) is 7.74. The molecule has 0 fully saturated rings. The van der Waals surface area contributed by atoms with Gasteiger partial charge in [-0.2, -0.15) is 0 Å². The Hall–Kier alpha value is -0.380. The Kier molecular flexibility index (Phi) is 6.17. The molecular weight excluding hydrogens is 276 g/mol. The van der Waals surface area contributed by atoms with E-state index in [9.17, 15) is 0 Å². The first-order chi connectivity index (χ1) is 8.02. The fourth-order valence-electron chi connectivity index (χ4n) is 2.05. The third kappa shape index (κ3) is 5.19. The Labute approximate surface area is 114 Å². The number of halogens is 1. The number of nitrogens with zero attached hydrogens (tertiary/aromatic N) is 2. The van der Waals surface area contributed by atoms with E-state index >= 15 is 0 Å². The Morgan fingerprint density at radius 3 is 2.24 bits per heavy atom. The molecule has 0 saturated heterocycles. The smallest absolute Gasteiger partial charge is 0.0236 e. The van der Waals surface area contributed by atoms with Crippen LogP contribution in [-0.2, 0) is 6.54 Å². The zero-order valence-corrected chi connectivity index (χ0v) is 12.9. The molecule has 0 heterocycles. The first-order valence-corrected chi connectivity index (χ1v) is 6.95. The van der Waals surface area contributed by atoms with E-state index in [0.29, 0.717) is 6.04 Å². The minimum atomic E-state index is 0.582. The highest BCUT2D eigenvalue weighted by molar-refractivity contribution is 9.10. The summed E-state index contributed by atoms with van der Waals surface area (Å²) in [5.74, 6) is 0. The van der Waals surface area contributed by atoms with E-state index in [1.165, 1.54) is 5.56 Å². The first kappa shape index (κ1) is 14.7. The van der Waals surface area contributed by atoms with Crippen LogP contribution in [-0.4, -0.2) is 43.0 Å². The second kappa shape index (κ2) is 7.14. The molecule has 17 heavy (non-hydrogen) atoms. The molecule has 1 unspecified atom stereocenters. The molecule has 0 aliphatic heterocycles. The van der Waals surface area contributed by atoms with Crippen molar-refractivity contribution in [3.05, 3.63) is 34.3 Å².